The Labute approximate surface area is 129 Å². The van der Waals surface area contributed by atoms with E-state index in [1.165, 1.54) is 48.1 Å². The average molecular weight is 294 g/mol. The molecule has 114 valence electrons. The second-order valence-corrected chi connectivity index (χ2v) is 6.86. The fourth-order valence-electron chi connectivity index (χ4n) is 2.57. The summed E-state index contributed by atoms with van der Waals surface area (Å²) in [6.07, 6.45) is 5.13. The predicted molar refractivity (Wildman–Crippen MR) is 93.7 cm³/mol. The predicted octanol–water partition coefficient (Wildman–Crippen LogP) is 5.10. The minimum Gasteiger partial charge on any atom is -0.314 e. The number of hydrogen-bond acceptors (Lipinski definition) is 2. The second kappa shape index (κ2) is 10.3. The molecular weight excluding hydrogens is 262 g/mol. The van der Waals surface area contributed by atoms with Gasteiger partial charge in [-0.1, -0.05) is 43.2 Å². The van der Waals surface area contributed by atoms with Gasteiger partial charge in [-0.2, -0.15) is 11.8 Å². The van der Waals surface area contributed by atoms with Gasteiger partial charge < -0.3 is 5.32 Å². The van der Waals surface area contributed by atoms with Crippen LogP contribution < -0.4 is 5.32 Å². The van der Waals surface area contributed by atoms with Crippen LogP contribution in [0.4, 0.5) is 0 Å². The quantitative estimate of drug-likeness (QED) is 0.603. The first-order chi connectivity index (χ1) is 9.65. The lowest BCUT2D eigenvalue weighted by Crippen LogP contribution is -2.29. The highest BCUT2D eigenvalue weighted by atomic mass is 32.2. The Kier molecular flexibility index (Phi) is 9.04. The summed E-state index contributed by atoms with van der Waals surface area (Å²) in [6.45, 7) is 10.1. The number of thioether (sulfide) groups is 1. The fraction of sp³-hybridized carbons (Fsp3) is 0.667. The van der Waals surface area contributed by atoms with Crippen LogP contribution in [0.1, 0.15) is 56.2 Å². The lowest BCUT2D eigenvalue weighted by Gasteiger charge is -2.16. The van der Waals surface area contributed by atoms with Gasteiger partial charge in [0.05, 0.1) is 0 Å². The summed E-state index contributed by atoms with van der Waals surface area (Å²) in [5.74, 6) is 2.43. The van der Waals surface area contributed by atoms with E-state index in [1.54, 1.807) is 0 Å². The Morgan fingerprint density at radius 2 is 1.80 bits per heavy atom. The van der Waals surface area contributed by atoms with Crippen LogP contribution >= 0.6 is 11.8 Å². The summed E-state index contributed by atoms with van der Waals surface area (Å²) in [5, 5.41) is 3.63. The van der Waals surface area contributed by atoms with Crippen molar-refractivity contribution in [2.24, 2.45) is 0 Å². The van der Waals surface area contributed by atoms with Gasteiger partial charge in [0.25, 0.3) is 0 Å². The molecule has 0 amide bonds. The van der Waals surface area contributed by atoms with Crippen LogP contribution in [0.15, 0.2) is 18.2 Å². The normalized spacial score (nSPS) is 12.6. The number of hydrogen-bond donors (Lipinski definition) is 1. The molecule has 2 heteroatoms. The van der Waals surface area contributed by atoms with Crippen LogP contribution in [0.5, 0.6) is 0 Å². The van der Waals surface area contributed by atoms with E-state index in [0.717, 1.165) is 18.3 Å². The van der Waals surface area contributed by atoms with Crippen LogP contribution in [0.2, 0.25) is 0 Å². The van der Waals surface area contributed by atoms with Gasteiger partial charge in [0, 0.05) is 11.8 Å². The number of nitrogens with one attached hydrogen (secondary N) is 1. The molecule has 0 aliphatic heterocycles. The van der Waals surface area contributed by atoms with Crippen LogP contribution in [0, 0.1) is 13.8 Å². The zero-order valence-electron chi connectivity index (χ0n) is 13.7. The van der Waals surface area contributed by atoms with E-state index in [2.05, 4.69) is 63.0 Å². The Morgan fingerprint density at radius 1 is 1.10 bits per heavy atom. The van der Waals surface area contributed by atoms with E-state index in [9.17, 15) is 0 Å². The van der Waals surface area contributed by atoms with Crippen molar-refractivity contribution in [1.29, 1.82) is 0 Å². The molecule has 0 aliphatic carbocycles. The SMILES string of the molecule is CCCNC(CC)CCCSCc1cc(C)cc(C)c1. The lowest BCUT2D eigenvalue weighted by atomic mass is 10.1. The molecule has 0 radical (unpaired) electrons. The molecule has 0 aliphatic rings. The van der Waals surface area contributed by atoms with E-state index in [-0.39, 0.29) is 0 Å². The van der Waals surface area contributed by atoms with Gasteiger partial charge in [-0.25, -0.2) is 0 Å². The van der Waals surface area contributed by atoms with Gasteiger partial charge in [0.2, 0.25) is 0 Å². The number of rotatable bonds is 10. The summed E-state index contributed by atoms with van der Waals surface area (Å²) in [7, 11) is 0. The van der Waals surface area contributed by atoms with Crippen molar-refractivity contribution < 1.29 is 0 Å². The first-order valence-corrected chi connectivity index (χ1v) is 9.19. The Hall–Kier alpha value is -0.470. The van der Waals surface area contributed by atoms with Crippen LogP contribution in [-0.2, 0) is 5.75 Å². The molecule has 20 heavy (non-hydrogen) atoms. The summed E-state index contributed by atoms with van der Waals surface area (Å²) in [5.41, 5.74) is 4.24. The third kappa shape index (κ3) is 7.35. The highest BCUT2D eigenvalue weighted by Crippen LogP contribution is 2.17. The van der Waals surface area contributed by atoms with Crippen LogP contribution in [-0.4, -0.2) is 18.3 Å². The molecular formula is C18H31NS. The maximum atomic E-state index is 3.63. The summed E-state index contributed by atoms with van der Waals surface area (Å²) < 4.78 is 0. The van der Waals surface area contributed by atoms with Crippen molar-refractivity contribution in [1.82, 2.24) is 5.32 Å². The molecule has 0 heterocycles. The zero-order chi connectivity index (χ0) is 14.8. The van der Waals surface area contributed by atoms with Crippen molar-refractivity contribution in [3.8, 4) is 0 Å². The van der Waals surface area contributed by atoms with Gasteiger partial charge in [-0.05, 0) is 57.4 Å². The van der Waals surface area contributed by atoms with Gasteiger partial charge >= 0.3 is 0 Å². The molecule has 1 rings (SSSR count). The molecule has 1 unspecified atom stereocenters. The molecule has 1 nitrogen and oxygen atoms in total. The molecule has 0 spiro atoms. The first-order valence-electron chi connectivity index (χ1n) is 8.04. The average Bonchev–Trinajstić information content (AvgIpc) is 2.40. The van der Waals surface area contributed by atoms with Crippen molar-refractivity contribution >= 4 is 11.8 Å². The van der Waals surface area contributed by atoms with Gasteiger partial charge in [-0.15, -0.1) is 0 Å². The first kappa shape index (κ1) is 17.6. The van der Waals surface area contributed by atoms with Crippen LogP contribution in [0.3, 0.4) is 0 Å². The Balaban J connectivity index is 2.17. The van der Waals surface area contributed by atoms with Crippen molar-refractivity contribution in [2.45, 2.75) is 65.2 Å². The molecule has 1 N–H and O–H groups in total. The van der Waals surface area contributed by atoms with Crippen LogP contribution in [0.25, 0.3) is 0 Å². The highest BCUT2D eigenvalue weighted by Gasteiger charge is 2.04. The van der Waals surface area contributed by atoms with E-state index in [0.29, 0.717) is 0 Å². The number of aryl methyl sites for hydroxylation is 2. The van der Waals surface area contributed by atoms with Gasteiger partial charge in [0.1, 0.15) is 0 Å². The standard InChI is InChI=1S/C18H31NS/c1-5-9-19-18(6-2)8-7-10-20-14-17-12-15(3)11-16(4)13-17/h11-13,18-19H,5-10,14H2,1-4H3. The number of benzene rings is 1. The molecule has 0 aromatic heterocycles. The fourth-order valence-corrected chi connectivity index (χ4v) is 3.49. The lowest BCUT2D eigenvalue weighted by molar-refractivity contribution is 0.465. The highest BCUT2D eigenvalue weighted by molar-refractivity contribution is 7.98. The largest absolute Gasteiger partial charge is 0.314 e. The third-order valence-corrected chi connectivity index (χ3v) is 4.68. The summed E-state index contributed by atoms with van der Waals surface area (Å²) >= 11 is 2.07. The Bertz CT molecular complexity index is 355. The van der Waals surface area contributed by atoms with E-state index in [4.69, 9.17) is 0 Å². The van der Waals surface area contributed by atoms with Crippen molar-refractivity contribution in [3.05, 3.63) is 34.9 Å². The summed E-state index contributed by atoms with van der Waals surface area (Å²) in [6, 6.07) is 7.60. The summed E-state index contributed by atoms with van der Waals surface area (Å²) in [4.78, 5) is 0. The minimum absolute atomic E-state index is 0.719. The molecule has 0 bridgehead atoms. The minimum atomic E-state index is 0.719. The molecule has 0 saturated heterocycles. The monoisotopic (exact) mass is 293 g/mol. The molecule has 1 aromatic rings. The van der Waals surface area contributed by atoms with Crippen molar-refractivity contribution in [2.75, 3.05) is 12.3 Å². The third-order valence-electron chi connectivity index (χ3n) is 3.57. The van der Waals surface area contributed by atoms with E-state index < -0.39 is 0 Å². The smallest absolute Gasteiger partial charge is 0.0184 e. The second-order valence-electron chi connectivity index (χ2n) is 5.75. The van der Waals surface area contributed by atoms with Gasteiger partial charge in [0.15, 0.2) is 0 Å². The maximum absolute atomic E-state index is 3.63. The molecule has 1 aromatic carbocycles. The van der Waals surface area contributed by atoms with E-state index >= 15 is 0 Å². The van der Waals surface area contributed by atoms with Crippen molar-refractivity contribution in [3.63, 3.8) is 0 Å². The van der Waals surface area contributed by atoms with E-state index in [1.807, 2.05) is 0 Å². The Morgan fingerprint density at radius 3 is 2.40 bits per heavy atom. The molecule has 1 atom stereocenters. The zero-order valence-corrected chi connectivity index (χ0v) is 14.5. The molecule has 0 saturated carbocycles. The topological polar surface area (TPSA) is 12.0 Å². The molecule has 0 fully saturated rings. The maximum Gasteiger partial charge on any atom is 0.0184 e. The van der Waals surface area contributed by atoms with Gasteiger partial charge in [-0.3, -0.25) is 0 Å².